The van der Waals surface area contributed by atoms with Crippen molar-refractivity contribution in [3.8, 4) is 45.3 Å². The number of para-hydroxylation sites is 2. The van der Waals surface area contributed by atoms with Gasteiger partial charge in [-0.25, -0.2) is 0 Å². The van der Waals surface area contributed by atoms with Crippen LogP contribution in [0.15, 0.2) is 170 Å². The molecule has 2 atom stereocenters. The van der Waals surface area contributed by atoms with E-state index in [2.05, 4.69) is 170 Å². The Morgan fingerprint density at radius 3 is 1.26 bits per heavy atom. The van der Waals surface area contributed by atoms with Crippen LogP contribution in [0.4, 0.5) is 0 Å². The van der Waals surface area contributed by atoms with Gasteiger partial charge in [0, 0.05) is 33.7 Å². The number of rotatable bonds is 2. The largest absolute Gasteiger partial charge is 0.456 e. The molecule has 0 fully saturated rings. The lowest BCUT2D eigenvalue weighted by atomic mass is 9.69. The molecule has 250 valence electrons. The summed E-state index contributed by atoms with van der Waals surface area (Å²) in [6, 6.07) is 62.4. The van der Waals surface area contributed by atoms with Crippen LogP contribution in [-0.2, 0) is 0 Å². The van der Waals surface area contributed by atoms with E-state index in [1.807, 2.05) is 0 Å². The normalized spacial score (nSPS) is 16.7. The molecule has 0 bridgehead atoms. The van der Waals surface area contributed by atoms with Gasteiger partial charge in [-0.1, -0.05) is 146 Å². The average molecular weight is 687 g/mol. The summed E-state index contributed by atoms with van der Waals surface area (Å²) in [7, 11) is 0. The van der Waals surface area contributed by atoms with Crippen molar-refractivity contribution in [1.29, 1.82) is 0 Å². The molecular formula is C52H30O2. The van der Waals surface area contributed by atoms with E-state index in [4.69, 9.17) is 9.47 Å². The number of ether oxygens (including phenoxy) is 2. The van der Waals surface area contributed by atoms with E-state index >= 15 is 0 Å². The Kier molecular flexibility index (Phi) is 5.50. The van der Waals surface area contributed by atoms with Crippen LogP contribution in [-0.4, -0.2) is 0 Å². The Morgan fingerprint density at radius 1 is 0.296 bits per heavy atom. The molecule has 0 N–H and O–H groups in total. The molecule has 0 saturated heterocycles. The molecule has 0 amide bonds. The Labute approximate surface area is 311 Å². The van der Waals surface area contributed by atoms with Crippen LogP contribution in [0.25, 0.3) is 65.7 Å². The zero-order chi connectivity index (χ0) is 35.1. The topological polar surface area (TPSA) is 18.5 Å². The fraction of sp³-hybridized carbons (Fsp3) is 0.0385. The maximum Gasteiger partial charge on any atom is 0.135 e. The van der Waals surface area contributed by atoms with Crippen LogP contribution in [0.2, 0.25) is 0 Å². The smallest absolute Gasteiger partial charge is 0.135 e. The van der Waals surface area contributed by atoms with Gasteiger partial charge >= 0.3 is 0 Å². The van der Waals surface area contributed by atoms with Gasteiger partial charge in [0.15, 0.2) is 0 Å². The summed E-state index contributed by atoms with van der Waals surface area (Å²) in [4.78, 5) is 0. The lowest BCUT2D eigenvalue weighted by molar-refractivity contribution is 0.486. The second-order valence-electron chi connectivity index (χ2n) is 15.0. The van der Waals surface area contributed by atoms with Crippen molar-refractivity contribution in [2.24, 2.45) is 0 Å². The third-order valence-corrected chi connectivity index (χ3v) is 12.5. The highest BCUT2D eigenvalue weighted by atomic mass is 16.5. The van der Waals surface area contributed by atoms with E-state index in [0.29, 0.717) is 0 Å². The van der Waals surface area contributed by atoms with Crippen LogP contribution >= 0.6 is 0 Å². The molecule has 0 radical (unpaired) electrons. The van der Waals surface area contributed by atoms with E-state index in [0.717, 1.165) is 34.1 Å². The fourth-order valence-electron chi connectivity index (χ4n) is 10.5. The fourth-order valence-corrected chi connectivity index (χ4v) is 10.5. The maximum absolute atomic E-state index is 6.59. The predicted molar refractivity (Wildman–Crippen MR) is 219 cm³/mol. The Morgan fingerprint density at radius 2 is 0.741 bits per heavy atom. The van der Waals surface area contributed by atoms with Crippen LogP contribution in [0.1, 0.15) is 34.1 Å². The molecule has 54 heavy (non-hydrogen) atoms. The molecule has 2 unspecified atom stereocenters. The Balaban J connectivity index is 1.18. The lowest BCUT2D eigenvalue weighted by Crippen LogP contribution is -2.38. The van der Waals surface area contributed by atoms with Gasteiger partial charge in [-0.3, -0.25) is 0 Å². The minimum Gasteiger partial charge on any atom is -0.456 e. The van der Waals surface area contributed by atoms with E-state index < -0.39 is 0 Å². The van der Waals surface area contributed by atoms with Gasteiger partial charge in [0.25, 0.3) is 0 Å². The van der Waals surface area contributed by atoms with E-state index in [9.17, 15) is 0 Å². The molecule has 4 aliphatic rings. The van der Waals surface area contributed by atoms with Crippen LogP contribution < -0.4 is 19.9 Å². The zero-order valence-electron chi connectivity index (χ0n) is 29.1. The lowest BCUT2D eigenvalue weighted by Gasteiger charge is -2.33. The summed E-state index contributed by atoms with van der Waals surface area (Å²) < 4.78 is 13.2. The highest BCUT2D eigenvalue weighted by Gasteiger charge is 2.43. The molecule has 2 heterocycles. The average Bonchev–Trinajstić information content (AvgIpc) is 3.56. The predicted octanol–water partition coefficient (Wildman–Crippen LogP) is 12.0. The van der Waals surface area contributed by atoms with E-state index in [-0.39, 0.29) is 11.8 Å². The first-order chi connectivity index (χ1) is 26.8. The molecule has 0 spiro atoms. The first-order valence-electron chi connectivity index (χ1n) is 18.8. The number of hydrogen-bond donors (Lipinski definition) is 0. The minimum atomic E-state index is 0.104. The van der Waals surface area contributed by atoms with Gasteiger partial charge in [-0.15, -0.1) is 0 Å². The maximum atomic E-state index is 6.59. The van der Waals surface area contributed by atoms with Gasteiger partial charge in [0.1, 0.15) is 23.0 Å². The van der Waals surface area contributed by atoms with Crippen molar-refractivity contribution >= 4 is 43.5 Å². The summed E-state index contributed by atoms with van der Waals surface area (Å²) in [6.45, 7) is 0. The quantitative estimate of drug-likeness (QED) is 0.180. The van der Waals surface area contributed by atoms with Gasteiger partial charge in [-0.2, -0.15) is 0 Å². The minimum absolute atomic E-state index is 0.104. The van der Waals surface area contributed by atoms with E-state index in [1.54, 1.807) is 0 Å². The molecule has 2 aliphatic heterocycles. The number of hydrogen-bond acceptors (Lipinski definition) is 2. The molecule has 2 heteroatoms. The van der Waals surface area contributed by atoms with E-state index in [1.165, 1.54) is 87.3 Å². The van der Waals surface area contributed by atoms with Crippen LogP contribution in [0.5, 0.6) is 23.0 Å². The van der Waals surface area contributed by atoms with Gasteiger partial charge in [0.2, 0.25) is 0 Å². The Bertz CT molecular complexity index is 3080. The summed E-state index contributed by atoms with van der Waals surface area (Å²) >= 11 is 0. The summed E-state index contributed by atoms with van der Waals surface area (Å²) in [5.74, 6) is 3.86. The molecule has 0 aromatic heterocycles. The standard InChI is InChI=1S/C52H30O2/c1-2-16-37-36(15-1)49(38-25-27-44-47-32(17-9-19-34(38)47)30-13-3-5-23-42(30)53-44)51-40-21-7-11-29-12-8-22-41(46(29)40)52(51)50(37)39-26-28-45-48-33(18-10-20-35(39)48)31-14-4-6-24-43(31)54-45/h1-28,51-52H. The molecule has 2 nitrogen and oxygen atoms in total. The molecular weight excluding hydrogens is 657 g/mol. The van der Waals surface area contributed by atoms with Crippen molar-refractivity contribution in [2.45, 2.75) is 11.8 Å². The molecule has 0 saturated carbocycles. The van der Waals surface area contributed by atoms with Crippen molar-refractivity contribution in [1.82, 2.24) is 0 Å². The highest BCUT2D eigenvalue weighted by molar-refractivity contribution is 6.12. The second kappa shape index (κ2) is 10.4. The SMILES string of the molecule is c1ccc2c(c1)Oc1ccc(C3=c4ccccc4=C(c4ccc5c6c(cccc46)-c4ccccc4O5)C4c5cccc6cccc(c56)C34)c3cccc-2c13. The first-order valence-corrected chi connectivity index (χ1v) is 18.8. The second-order valence-corrected chi connectivity index (χ2v) is 15.0. The molecule has 9 aromatic carbocycles. The summed E-state index contributed by atoms with van der Waals surface area (Å²) in [5.41, 5.74) is 12.8. The van der Waals surface area contributed by atoms with Gasteiger partial charge < -0.3 is 9.47 Å². The van der Waals surface area contributed by atoms with Gasteiger partial charge in [0.05, 0.1) is 0 Å². The van der Waals surface area contributed by atoms with Gasteiger partial charge in [-0.05, 0) is 101 Å². The monoisotopic (exact) mass is 686 g/mol. The number of benzene rings is 9. The van der Waals surface area contributed by atoms with Crippen molar-refractivity contribution in [3.63, 3.8) is 0 Å². The van der Waals surface area contributed by atoms with Crippen molar-refractivity contribution < 1.29 is 9.47 Å². The zero-order valence-corrected chi connectivity index (χ0v) is 29.1. The van der Waals surface area contributed by atoms with Crippen LogP contribution in [0, 0.1) is 0 Å². The third kappa shape index (κ3) is 3.60. The van der Waals surface area contributed by atoms with Crippen LogP contribution in [0.3, 0.4) is 0 Å². The highest BCUT2D eigenvalue weighted by Crippen LogP contribution is 2.59. The summed E-state index contributed by atoms with van der Waals surface area (Å²) in [6.07, 6.45) is 0. The van der Waals surface area contributed by atoms with Crippen molar-refractivity contribution in [3.05, 3.63) is 203 Å². The third-order valence-electron chi connectivity index (χ3n) is 12.5. The van der Waals surface area contributed by atoms with Crippen molar-refractivity contribution in [2.75, 3.05) is 0 Å². The Hall–Kier alpha value is -6.90. The first kappa shape index (κ1) is 28.7. The molecule has 9 aromatic rings. The molecule has 2 aliphatic carbocycles. The number of fused-ring (bicyclic) bond motifs is 8. The summed E-state index contributed by atoms with van der Waals surface area (Å²) in [5, 5.41) is 10.1. The molecule has 13 rings (SSSR count).